The molecule has 1 saturated heterocycles. The second kappa shape index (κ2) is 15.4. The summed E-state index contributed by atoms with van der Waals surface area (Å²) >= 11 is 0. The van der Waals surface area contributed by atoms with E-state index in [0.717, 1.165) is 50.8 Å². The zero-order chi connectivity index (χ0) is 18.9. The maximum absolute atomic E-state index is 6.00. The second-order valence-corrected chi connectivity index (χ2v) is 6.30. The number of morpholine rings is 1. The Labute approximate surface area is 157 Å². The summed E-state index contributed by atoms with van der Waals surface area (Å²) in [5.41, 5.74) is 1.16. The van der Waals surface area contributed by atoms with Crippen LogP contribution in [0.4, 0.5) is 5.69 Å². The summed E-state index contributed by atoms with van der Waals surface area (Å²) in [7, 11) is 0. The van der Waals surface area contributed by atoms with Crippen LogP contribution in [0.25, 0.3) is 0 Å². The summed E-state index contributed by atoms with van der Waals surface area (Å²) in [5, 5.41) is 12.0. The Kier molecular flexibility index (Phi) is 13.2. The predicted molar refractivity (Wildman–Crippen MR) is 103 cm³/mol. The number of nitrogens with zero attached hydrogens (tertiary/aromatic N) is 3. The number of anilines is 1. The Morgan fingerprint density at radius 1 is 0.923 bits per heavy atom. The molecule has 1 aromatic carbocycles. The molecule has 0 atom stereocenters. The fraction of sp³-hybridized carbons (Fsp3) is 0.700. The van der Waals surface area contributed by atoms with Crippen LogP contribution < -0.4 is 9.64 Å². The third-order valence-electron chi connectivity index (χ3n) is 4.34. The Bertz CT molecular complexity index is 476. The highest BCUT2D eigenvalue weighted by Crippen LogP contribution is 2.28. The fourth-order valence-corrected chi connectivity index (χ4v) is 2.94. The molecule has 0 aromatic heterocycles. The molecule has 0 saturated carbocycles. The van der Waals surface area contributed by atoms with Gasteiger partial charge in [0, 0.05) is 30.5 Å². The van der Waals surface area contributed by atoms with Crippen LogP contribution in [0.1, 0.15) is 45.4 Å². The average Bonchev–Trinajstić information content (AvgIpc) is 2.72. The minimum absolute atomic E-state index is 0.608. The minimum atomic E-state index is 0.608. The smallest absolute Gasteiger partial charge is 0.142 e. The van der Waals surface area contributed by atoms with E-state index in [1.807, 2.05) is 12.1 Å². The van der Waals surface area contributed by atoms with Crippen molar-refractivity contribution < 1.29 is 14.2 Å². The molecule has 6 heteroatoms. The van der Waals surface area contributed by atoms with E-state index in [2.05, 4.69) is 24.0 Å². The van der Waals surface area contributed by atoms with Crippen molar-refractivity contribution in [2.75, 3.05) is 51.0 Å². The molecule has 2 rings (SSSR count). The normalized spacial score (nSPS) is 13.7. The van der Waals surface area contributed by atoms with Gasteiger partial charge in [-0.2, -0.15) is 0 Å². The van der Waals surface area contributed by atoms with Crippen molar-refractivity contribution in [1.82, 2.24) is 0 Å². The van der Waals surface area contributed by atoms with Crippen molar-refractivity contribution >= 4 is 5.69 Å². The molecule has 0 bridgehead atoms. The van der Waals surface area contributed by atoms with E-state index in [1.165, 1.54) is 32.1 Å². The highest BCUT2D eigenvalue weighted by atomic mass is 16.5. The quantitative estimate of drug-likeness (QED) is 0.407. The van der Waals surface area contributed by atoms with Gasteiger partial charge in [-0.15, -0.1) is 0 Å². The molecular formula is C20H33N3O3. The lowest BCUT2D eigenvalue weighted by atomic mass is 10.1. The van der Waals surface area contributed by atoms with Gasteiger partial charge in [-0.25, -0.2) is 0 Å². The third-order valence-corrected chi connectivity index (χ3v) is 4.34. The molecule has 0 amide bonds. The molecule has 1 heterocycles. The standard InChI is InChI=1S/C20H33NO3.N2/c1-2-3-4-5-6-9-14-22-17-18-24-20-11-8-7-10-19(20)21-12-15-23-16-13-21;1-2/h7-8,10-11H,2-6,9,12-18H2,1H3;. The SMILES string of the molecule is CCCCCCCCOCCOc1ccccc1N1CCOCC1.N#N. The van der Waals surface area contributed by atoms with Gasteiger partial charge in [0.15, 0.2) is 0 Å². The van der Waals surface area contributed by atoms with E-state index in [-0.39, 0.29) is 0 Å². The monoisotopic (exact) mass is 363 g/mol. The summed E-state index contributed by atoms with van der Waals surface area (Å²) in [6.07, 6.45) is 7.80. The first-order valence-corrected chi connectivity index (χ1v) is 9.74. The molecule has 0 aliphatic carbocycles. The van der Waals surface area contributed by atoms with Gasteiger partial charge in [0.25, 0.3) is 0 Å². The van der Waals surface area contributed by atoms with Gasteiger partial charge < -0.3 is 19.1 Å². The van der Waals surface area contributed by atoms with Crippen molar-refractivity contribution in [3.8, 4) is 5.75 Å². The third kappa shape index (κ3) is 9.02. The van der Waals surface area contributed by atoms with Crippen LogP contribution in [0.2, 0.25) is 0 Å². The largest absolute Gasteiger partial charge is 0.489 e. The molecule has 0 unspecified atom stereocenters. The van der Waals surface area contributed by atoms with Crippen molar-refractivity contribution in [2.24, 2.45) is 0 Å². The molecule has 1 aliphatic rings. The van der Waals surface area contributed by atoms with Gasteiger partial charge in [-0.3, -0.25) is 0 Å². The number of para-hydroxylation sites is 2. The van der Waals surface area contributed by atoms with Crippen LogP contribution >= 0.6 is 0 Å². The lowest BCUT2D eigenvalue weighted by Gasteiger charge is -2.30. The number of hydrogen-bond acceptors (Lipinski definition) is 6. The van der Waals surface area contributed by atoms with Crippen molar-refractivity contribution in [3.63, 3.8) is 0 Å². The Hall–Kier alpha value is -1.84. The molecule has 6 nitrogen and oxygen atoms in total. The number of rotatable bonds is 12. The van der Waals surface area contributed by atoms with Crippen LogP contribution in [0, 0.1) is 10.8 Å². The van der Waals surface area contributed by atoms with E-state index < -0.39 is 0 Å². The lowest BCUT2D eigenvalue weighted by molar-refractivity contribution is 0.0967. The lowest BCUT2D eigenvalue weighted by Crippen LogP contribution is -2.36. The molecule has 146 valence electrons. The number of benzene rings is 1. The van der Waals surface area contributed by atoms with Crippen LogP contribution in [0.3, 0.4) is 0 Å². The molecule has 0 spiro atoms. The van der Waals surface area contributed by atoms with Crippen molar-refractivity contribution in [1.29, 1.82) is 10.8 Å². The van der Waals surface area contributed by atoms with Gasteiger partial charge in [-0.05, 0) is 18.6 Å². The Morgan fingerprint density at radius 3 is 2.38 bits per heavy atom. The molecule has 1 fully saturated rings. The molecule has 26 heavy (non-hydrogen) atoms. The molecule has 0 N–H and O–H groups in total. The first-order chi connectivity index (χ1) is 12.9. The zero-order valence-electron chi connectivity index (χ0n) is 16.1. The highest BCUT2D eigenvalue weighted by molar-refractivity contribution is 5.58. The zero-order valence-corrected chi connectivity index (χ0v) is 16.1. The van der Waals surface area contributed by atoms with Crippen molar-refractivity contribution in [3.05, 3.63) is 24.3 Å². The summed E-state index contributed by atoms with van der Waals surface area (Å²) in [6, 6.07) is 8.25. The van der Waals surface area contributed by atoms with Gasteiger partial charge >= 0.3 is 0 Å². The highest BCUT2D eigenvalue weighted by Gasteiger charge is 2.14. The maximum atomic E-state index is 6.00. The molecular weight excluding hydrogens is 330 g/mol. The van der Waals surface area contributed by atoms with E-state index >= 15 is 0 Å². The summed E-state index contributed by atoms with van der Waals surface area (Å²) < 4.78 is 17.1. The summed E-state index contributed by atoms with van der Waals surface area (Å²) in [6.45, 7) is 7.79. The maximum Gasteiger partial charge on any atom is 0.142 e. The van der Waals surface area contributed by atoms with Crippen LogP contribution in [0.5, 0.6) is 5.75 Å². The topological polar surface area (TPSA) is 78.5 Å². The van der Waals surface area contributed by atoms with Crippen LogP contribution in [-0.4, -0.2) is 46.1 Å². The van der Waals surface area contributed by atoms with Gasteiger partial charge in [0.1, 0.15) is 12.4 Å². The number of hydrogen-bond donors (Lipinski definition) is 0. The van der Waals surface area contributed by atoms with Gasteiger partial charge in [0.05, 0.1) is 25.5 Å². The van der Waals surface area contributed by atoms with Crippen molar-refractivity contribution in [2.45, 2.75) is 45.4 Å². The molecule has 1 aliphatic heterocycles. The second-order valence-electron chi connectivity index (χ2n) is 6.30. The summed E-state index contributed by atoms with van der Waals surface area (Å²) in [4.78, 5) is 2.33. The van der Waals surface area contributed by atoms with E-state index in [4.69, 9.17) is 25.0 Å². The molecule has 1 aromatic rings. The predicted octanol–water partition coefficient (Wildman–Crippen LogP) is 4.31. The van der Waals surface area contributed by atoms with E-state index in [1.54, 1.807) is 0 Å². The van der Waals surface area contributed by atoms with E-state index in [9.17, 15) is 0 Å². The minimum Gasteiger partial charge on any atom is -0.489 e. The average molecular weight is 364 g/mol. The van der Waals surface area contributed by atoms with Gasteiger partial charge in [-0.1, -0.05) is 51.2 Å². The first kappa shape index (κ1) is 22.2. The Balaban J connectivity index is 0.00000163. The van der Waals surface area contributed by atoms with Crippen LogP contribution in [0.15, 0.2) is 24.3 Å². The Morgan fingerprint density at radius 2 is 1.62 bits per heavy atom. The first-order valence-electron chi connectivity index (χ1n) is 9.74. The number of ether oxygens (including phenoxy) is 3. The van der Waals surface area contributed by atoms with Crippen LogP contribution in [-0.2, 0) is 9.47 Å². The summed E-state index contributed by atoms with van der Waals surface area (Å²) in [5.74, 6) is 0.947. The fourth-order valence-electron chi connectivity index (χ4n) is 2.94. The van der Waals surface area contributed by atoms with Gasteiger partial charge in [0.2, 0.25) is 0 Å². The molecule has 0 radical (unpaired) electrons. The van der Waals surface area contributed by atoms with E-state index in [0.29, 0.717) is 13.2 Å². The number of unbranched alkanes of at least 4 members (excludes halogenated alkanes) is 5.